The number of hydrogen-bond donors (Lipinski definition) is 0. The van der Waals surface area contributed by atoms with E-state index in [1.807, 2.05) is 0 Å². The van der Waals surface area contributed by atoms with Gasteiger partial charge < -0.3 is 9.80 Å². The summed E-state index contributed by atoms with van der Waals surface area (Å²) in [7, 11) is 0. The normalized spacial score (nSPS) is 15.0. The quantitative estimate of drug-likeness (QED) is 0.159. The maximum absolute atomic E-state index is 2.54. The van der Waals surface area contributed by atoms with E-state index in [2.05, 4.69) is 254 Å². The number of fused-ring (bicyclic) bond motifs is 9. The standard InChI is InChI=1S/C71H52N2/c1-71(2)63-28-10-9-26-56(63)57-36-33-47(42-64(57)71)46-23-15-24-52(39-46)69-59-37-34-54(73-67-31-13-6-20-50(67)41-51-21-7-14-32-68(51)73)44-62(59)70(58-27-16-22-45-17-3-8-25-55(45)58)60-38-35-53(43-61(60)69)72-65-29-11-4-18-48(65)40-49-19-5-12-30-66(49)72/h3-6,8-20,22-39,42-44H,7,21,40-41H2,1-2H3. The zero-order valence-electron chi connectivity index (χ0n) is 41.2. The van der Waals surface area contributed by atoms with Gasteiger partial charge in [0.25, 0.3) is 0 Å². The third kappa shape index (κ3) is 6.43. The lowest BCUT2D eigenvalue weighted by molar-refractivity contribution is 0.660. The molecule has 2 aliphatic carbocycles. The van der Waals surface area contributed by atoms with Crippen LogP contribution in [0.2, 0.25) is 0 Å². The van der Waals surface area contributed by atoms with E-state index in [1.54, 1.807) is 0 Å². The second-order valence-electron chi connectivity index (χ2n) is 21.1. The molecule has 2 nitrogen and oxygen atoms in total. The van der Waals surface area contributed by atoms with Gasteiger partial charge in [0.1, 0.15) is 0 Å². The highest BCUT2D eigenvalue weighted by atomic mass is 15.2. The van der Waals surface area contributed by atoms with Crippen molar-refractivity contribution < 1.29 is 0 Å². The SMILES string of the molecule is CC1(C)c2ccccc2-c2ccc(-c3cccc(-c4c5cc(N6c7ccccc7Cc7ccccc76)ccc5c(-c5cccc6ccccc56)c5cc(N6C7=C(CCC=C7)Cc7ccccc76)ccc45)c3)cc21. The molecule has 0 radical (unpaired) electrons. The summed E-state index contributed by atoms with van der Waals surface area (Å²) < 4.78 is 0. The molecule has 15 rings (SSSR count). The lowest BCUT2D eigenvalue weighted by Crippen LogP contribution is -2.24. The van der Waals surface area contributed by atoms with Gasteiger partial charge in [-0.05, 0) is 190 Å². The average molecular weight is 933 g/mol. The van der Waals surface area contributed by atoms with Gasteiger partial charge in [-0.25, -0.2) is 0 Å². The summed E-state index contributed by atoms with van der Waals surface area (Å²) in [6.45, 7) is 4.76. The van der Waals surface area contributed by atoms with E-state index in [9.17, 15) is 0 Å². The molecule has 4 aliphatic rings. The Kier molecular flexibility index (Phi) is 9.29. The maximum atomic E-state index is 2.54. The summed E-state index contributed by atoms with van der Waals surface area (Å²) >= 11 is 0. The molecule has 2 aliphatic heterocycles. The molecule has 0 unspecified atom stereocenters. The second kappa shape index (κ2) is 16.2. The Morgan fingerprint density at radius 1 is 0.384 bits per heavy atom. The Bertz CT molecular complexity index is 4150. The predicted octanol–water partition coefficient (Wildman–Crippen LogP) is 19.1. The van der Waals surface area contributed by atoms with Gasteiger partial charge >= 0.3 is 0 Å². The lowest BCUT2D eigenvalue weighted by Gasteiger charge is -2.36. The van der Waals surface area contributed by atoms with Crippen molar-refractivity contribution in [2.75, 3.05) is 9.80 Å². The lowest BCUT2D eigenvalue weighted by atomic mass is 9.81. The fraction of sp³-hybridized carbons (Fsp3) is 0.0986. The molecule has 0 aromatic heterocycles. The van der Waals surface area contributed by atoms with E-state index in [-0.39, 0.29) is 5.41 Å². The molecule has 0 bridgehead atoms. The number of para-hydroxylation sites is 3. The summed E-state index contributed by atoms with van der Waals surface area (Å²) in [5, 5.41) is 7.42. The van der Waals surface area contributed by atoms with Crippen LogP contribution < -0.4 is 9.80 Å². The minimum absolute atomic E-state index is 0.0950. The van der Waals surface area contributed by atoms with E-state index in [0.717, 1.165) is 31.4 Å². The highest BCUT2D eigenvalue weighted by Gasteiger charge is 2.35. The second-order valence-corrected chi connectivity index (χ2v) is 21.1. The Hall–Kier alpha value is -8.72. The van der Waals surface area contributed by atoms with Crippen molar-refractivity contribution in [3.05, 3.63) is 270 Å². The first-order valence-corrected chi connectivity index (χ1v) is 26.1. The molecular weight excluding hydrogens is 881 g/mol. The smallest absolute Gasteiger partial charge is 0.0497 e. The molecule has 2 heterocycles. The van der Waals surface area contributed by atoms with Crippen LogP contribution in [0.5, 0.6) is 0 Å². The van der Waals surface area contributed by atoms with Crippen molar-refractivity contribution in [1.29, 1.82) is 0 Å². The van der Waals surface area contributed by atoms with Crippen molar-refractivity contribution in [1.82, 2.24) is 0 Å². The summed E-state index contributed by atoms with van der Waals surface area (Å²) in [6, 6.07) is 82.8. The van der Waals surface area contributed by atoms with Gasteiger partial charge in [-0.15, -0.1) is 0 Å². The molecule has 0 N–H and O–H groups in total. The van der Waals surface area contributed by atoms with E-state index >= 15 is 0 Å². The molecule has 0 amide bonds. The van der Waals surface area contributed by atoms with Crippen LogP contribution in [-0.4, -0.2) is 0 Å². The molecule has 73 heavy (non-hydrogen) atoms. The van der Waals surface area contributed by atoms with Crippen molar-refractivity contribution in [3.8, 4) is 44.5 Å². The number of rotatable bonds is 5. The Balaban J connectivity index is 1.03. The Morgan fingerprint density at radius 3 is 1.75 bits per heavy atom. The molecule has 11 aromatic rings. The topological polar surface area (TPSA) is 6.48 Å². The van der Waals surface area contributed by atoms with Gasteiger partial charge in [-0.3, -0.25) is 0 Å². The fourth-order valence-electron chi connectivity index (χ4n) is 13.3. The summed E-state index contributed by atoms with van der Waals surface area (Å²) in [4.78, 5) is 5.04. The number of allylic oxidation sites excluding steroid dienone is 3. The number of nitrogens with zero attached hydrogens (tertiary/aromatic N) is 2. The van der Waals surface area contributed by atoms with Crippen LogP contribution in [0.3, 0.4) is 0 Å². The Labute approximate surface area is 427 Å². The first kappa shape index (κ1) is 42.0. The third-order valence-electron chi connectivity index (χ3n) is 16.7. The molecule has 0 saturated heterocycles. The molecule has 346 valence electrons. The van der Waals surface area contributed by atoms with E-state index in [0.29, 0.717) is 0 Å². The van der Waals surface area contributed by atoms with Gasteiger partial charge in [0.05, 0.1) is 0 Å². The van der Waals surface area contributed by atoms with Crippen LogP contribution in [0.15, 0.2) is 242 Å². The van der Waals surface area contributed by atoms with E-state index in [4.69, 9.17) is 0 Å². The minimum atomic E-state index is -0.0950. The molecule has 11 aromatic carbocycles. The largest absolute Gasteiger partial charge is 0.310 e. The molecule has 0 saturated carbocycles. The van der Waals surface area contributed by atoms with Gasteiger partial charge in [0.15, 0.2) is 0 Å². The molecule has 0 atom stereocenters. The van der Waals surface area contributed by atoms with Gasteiger partial charge in [0, 0.05) is 46.0 Å². The van der Waals surface area contributed by atoms with Crippen LogP contribution in [0.1, 0.15) is 54.5 Å². The van der Waals surface area contributed by atoms with Crippen LogP contribution >= 0.6 is 0 Å². The zero-order valence-corrected chi connectivity index (χ0v) is 41.2. The monoisotopic (exact) mass is 932 g/mol. The molecule has 0 fully saturated rings. The molecule has 2 heteroatoms. The Morgan fingerprint density at radius 2 is 0.959 bits per heavy atom. The summed E-state index contributed by atoms with van der Waals surface area (Å²) in [5.41, 5.74) is 25.7. The van der Waals surface area contributed by atoms with Crippen molar-refractivity contribution in [2.24, 2.45) is 0 Å². The third-order valence-corrected chi connectivity index (χ3v) is 16.7. The number of hydrogen-bond acceptors (Lipinski definition) is 2. The predicted molar refractivity (Wildman–Crippen MR) is 308 cm³/mol. The van der Waals surface area contributed by atoms with Crippen LogP contribution in [-0.2, 0) is 18.3 Å². The first-order chi connectivity index (χ1) is 36.0. The highest BCUT2D eigenvalue weighted by Crippen LogP contribution is 2.53. The average Bonchev–Trinajstić information content (AvgIpc) is 3.69. The molecule has 0 spiro atoms. The summed E-state index contributed by atoms with van der Waals surface area (Å²) in [5.74, 6) is 0. The fourth-order valence-corrected chi connectivity index (χ4v) is 13.3. The van der Waals surface area contributed by atoms with E-state index in [1.165, 1.54) is 139 Å². The zero-order chi connectivity index (χ0) is 48.4. The van der Waals surface area contributed by atoms with Gasteiger partial charge in [-0.1, -0.05) is 184 Å². The van der Waals surface area contributed by atoms with Crippen LogP contribution in [0.25, 0.3) is 76.8 Å². The summed E-state index contributed by atoms with van der Waals surface area (Å²) in [6.07, 6.45) is 8.81. The number of anilines is 5. The maximum Gasteiger partial charge on any atom is 0.0497 e. The van der Waals surface area contributed by atoms with Crippen molar-refractivity contribution in [2.45, 2.75) is 44.9 Å². The van der Waals surface area contributed by atoms with Crippen LogP contribution in [0, 0.1) is 0 Å². The molecular formula is C71H52N2. The minimum Gasteiger partial charge on any atom is -0.310 e. The number of benzene rings is 11. The first-order valence-electron chi connectivity index (χ1n) is 26.1. The van der Waals surface area contributed by atoms with Gasteiger partial charge in [-0.2, -0.15) is 0 Å². The van der Waals surface area contributed by atoms with Crippen molar-refractivity contribution in [3.63, 3.8) is 0 Å². The highest BCUT2D eigenvalue weighted by molar-refractivity contribution is 6.25. The van der Waals surface area contributed by atoms with Gasteiger partial charge in [0.2, 0.25) is 0 Å². The van der Waals surface area contributed by atoms with Crippen LogP contribution in [0.4, 0.5) is 28.4 Å². The van der Waals surface area contributed by atoms with Crippen molar-refractivity contribution >= 4 is 60.8 Å². The van der Waals surface area contributed by atoms with E-state index < -0.39 is 0 Å².